The molecule has 0 aliphatic heterocycles. The van der Waals surface area contributed by atoms with Crippen LogP contribution in [0.4, 0.5) is 0 Å². The molecule has 1 heterocycles. The first kappa shape index (κ1) is 23.1. The molecule has 0 fully saturated rings. The minimum atomic E-state index is -0.997. The number of hydrogen-bond donors (Lipinski definition) is 1. The van der Waals surface area contributed by atoms with Crippen molar-refractivity contribution in [2.75, 3.05) is 14.2 Å². The molecule has 34 heavy (non-hydrogen) atoms. The highest BCUT2D eigenvalue weighted by Gasteiger charge is 2.19. The van der Waals surface area contributed by atoms with Gasteiger partial charge in [0.2, 0.25) is 0 Å². The van der Waals surface area contributed by atoms with Gasteiger partial charge in [0.15, 0.2) is 17.3 Å². The number of methoxy groups -OCH3 is 2. The highest BCUT2D eigenvalue weighted by molar-refractivity contribution is 6.30. The summed E-state index contributed by atoms with van der Waals surface area (Å²) in [5, 5.41) is 10.6. The quantitative estimate of drug-likeness (QED) is 0.237. The van der Waals surface area contributed by atoms with E-state index in [4.69, 9.17) is 25.5 Å². The van der Waals surface area contributed by atoms with E-state index in [1.165, 1.54) is 6.08 Å². The maximum Gasteiger partial charge on any atom is 0.307 e. The van der Waals surface area contributed by atoms with Gasteiger partial charge in [-0.1, -0.05) is 23.7 Å². The van der Waals surface area contributed by atoms with E-state index in [1.807, 2.05) is 6.07 Å². The van der Waals surface area contributed by atoms with Crippen LogP contribution in [-0.4, -0.2) is 31.1 Å². The Bertz CT molecular complexity index is 1400. The molecule has 4 rings (SSSR count). The van der Waals surface area contributed by atoms with Gasteiger partial charge in [0.1, 0.15) is 11.3 Å². The molecule has 0 bridgehead atoms. The van der Waals surface area contributed by atoms with Crippen LogP contribution in [0.15, 0.2) is 71.2 Å². The van der Waals surface area contributed by atoms with Crippen LogP contribution in [-0.2, 0) is 11.2 Å². The molecule has 0 aliphatic rings. The lowest BCUT2D eigenvalue weighted by molar-refractivity contribution is -0.136. The van der Waals surface area contributed by atoms with E-state index in [2.05, 4.69) is 0 Å². The van der Waals surface area contributed by atoms with Gasteiger partial charge in [0, 0.05) is 27.1 Å². The summed E-state index contributed by atoms with van der Waals surface area (Å²) < 4.78 is 16.5. The topological polar surface area (TPSA) is 86.0 Å². The van der Waals surface area contributed by atoms with Crippen LogP contribution < -0.4 is 9.47 Å². The number of halogens is 1. The average Bonchev–Trinajstić information content (AvgIpc) is 3.19. The maximum atomic E-state index is 12.9. The third-order valence-electron chi connectivity index (χ3n) is 5.34. The molecule has 172 valence electrons. The van der Waals surface area contributed by atoms with E-state index >= 15 is 0 Å². The molecular weight excluding hydrogens is 456 g/mol. The number of aliphatic carboxylic acids is 1. The number of hydrogen-bond acceptors (Lipinski definition) is 5. The third-order valence-corrected chi connectivity index (χ3v) is 5.60. The minimum absolute atomic E-state index is 0.229. The van der Waals surface area contributed by atoms with Gasteiger partial charge in [-0.25, -0.2) is 0 Å². The van der Waals surface area contributed by atoms with Crippen molar-refractivity contribution >= 4 is 40.4 Å². The largest absolute Gasteiger partial charge is 0.493 e. The second-order valence-electron chi connectivity index (χ2n) is 7.51. The highest BCUT2D eigenvalue weighted by Crippen LogP contribution is 2.35. The lowest BCUT2D eigenvalue weighted by Gasteiger charge is -2.07. The maximum absolute atomic E-state index is 12.9. The molecule has 7 heteroatoms. The van der Waals surface area contributed by atoms with Crippen molar-refractivity contribution in [3.05, 3.63) is 88.5 Å². The smallest absolute Gasteiger partial charge is 0.307 e. The monoisotopic (exact) mass is 476 g/mol. The molecule has 0 amide bonds. The number of furan rings is 1. The standard InChI is InChI=1S/C27H21ClO6/c1-32-24-11-4-16(13-25(24)33-2)3-10-22(29)18-7-12-23-20(14-18)21(15-26(30)31)27(34-23)17-5-8-19(28)9-6-17/h3-14H,15H2,1-2H3,(H,30,31). The van der Waals surface area contributed by atoms with Crippen LogP contribution in [0.25, 0.3) is 28.4 Å². The summed E-state index contributed by atoms with van der Waals surface area (Å²) in [6.45, 7) is 0. The molecule has 0 aliphatic carbocycles. The summed E-state index contributed by atoms with van der Waals surface area (Å²) in [4.78, 5) is 24.4. The number of carbonyl (C=O) groups is 2. The van der Waals surface area contributed by atoms with Crippen molar-refractivity contribution in [2.45, 2.75) is 6.42 Å². The van der Waals surface area contributed by atoms with Gasteiger partial charge in [0.25, 0.3) is 0 Å². The Balaban J connectivity index is 1.69. The number of ketones is 1. The first-order chi connectivity index (χ1) is 16.4. The fourth-order valence-electron chi connectivity index (χ4n) is 3.69. The van der Waals surface area contributed by atoms with Gasteiger partial charge >= 0.3 is 5.97 Å². The Morgan fingerprint density at radius 2 is 1.71 bits per heavy atom. The zero-order valence-corrected chi connectivity index (χ0v) is 19.3. The fraction of sp³-hybridized carbons (Fsp3) is 0.111. The number of benzene rings is 3. The van der Waals surface area contributed by atoms with E-state index in [-0.39, 0.29) is 12.2 Å². The molecule has 1 aromatic heterocycles. The van der Waals surface area contributed by atoms with Crippen LogP contribution in [0.3, 0.4) is 0 Å². The normalized spacial score (nSPS) is 11.1. The summed E-state index contributed by atoms with van der Waals surface area (Å²) in [5.41, 5.74) is 2.90. The molecule has 0 atom stereocenters. The first-order valence-electron chi connectivity index (χ1n) is 10.4. The van der Waals surface area contributed by atoms with Crippen molar-refractivity contribution in [1.29, 1.82) is 0 Å². The summed E-state index contributed by atoms with van der Waals surface area (Å²) in [6.07, 6.45) is 2.89. The van der Waals surface area contributed by atoms with Gasteiger partial charge in [0.05, 0.1) is 20.6 Å². The van der Waals surface area contributed by atoms with E-state index in [0.717, 1.165) is 5.56 Å². The Hall–Kier alpha value is -4.03. The van der Waals surface area contributed by atoms with E-state index in [0.29, 0.717) is 49.9 Å². The lowest BCUT2D eigenvalue weighted by Crippen LogP contribution is -2.01. The zero-order valence-electron chi connectivity index (χ0n) is 18.5. The molecule has 0 saturated heterocycles. The number of carboxylic acids is 1. The van der Waals surface area contributed by atoms with Gasteiger partial charge in [-0.15, -0.1) is 0 Å². The molecule has 0 saturated carbocycles. The zero-order chi connectivity index (χ0) is 24.2. The third kappa shape index (κ3) is 4.82. The Labute approximate surface area is 201 Å². The molecule has 6 nitrogen and oxygen atoms in total. The van der Waals surface area contributed by atoms with Crippen LogP contribution in [0, 0.1) is 0 Å². The van der Waals surface area contributed by atoms with E-state index in [9.17, 15) is 14.7 Å². The van der Waals surface area contributed by atoms with Crippen molar-refractivity contribution in [3.8, 4) is 22.8 Å². The van der Waals surface area contributed by atoms with Crippen molar-refractivity contribution in [1.82, 2.24) is 0 Å². The Kier molecular flexibility index (Phi) is 6.70. The van der Waals surface area contributed by atoms with Crippen LogP contribution in [0.2, 0.25) is 5.02 Å². The summed E-state index contributed by atoms with van der Waals surface area (Å²) in [6, 6.07) is 17.3. The molecule has 0 radical (unpaired) electrons. The van der Waals surface area contributed by atoms with Gasteiger partial charge < -0.3 is 19.0 Å². The molecule has 4 aromatic rings. The molecular formula is C27H21ClO6. The van der Waals surface area contributed by atoms with Crippen molar-refractivity contribution in [3.63, 3.8) is 0 Å². The SMILES string of the molecule is COc1ccc(C=CC(=O)c2ccc3oc(-c4ccc(Cl)cc4)c(CC(=O)O)c3c2)cc1OC. The first-order valence-corrected chi connectivity index (χ1v) is 10.7. The van der Waals surface area contributed by atoms with Crippen LogP contribution >= 0.6 is 11.6 Å². The molecule has 1 N–H and O–H groups in total. The molecule has 0 unspecified atom stereocenters. The number of fused-ring (bicyclic) bond motifs is 1. The van der Waals surface area contributed by atoms with E-state index < -0.39 is 5.97 Å². The fourth-order valence-corrected chi connectivity index (χ4v) is 3.81. The Morgan fingerprint density at radius 3 is 2.38 bits per heavy atom. The number of carboxylic acid groups (broad SMARTS) is 1. The number of ether oxygens (including phenoxy) is 2. The molecule has 3 aromatic carbocycles. The average molecular weight is 477 g/mol. The predicted molar refractivity (Wildman–Crippen MR) is 131 cm³/mol. The Morgan fingerprint density at radius 1 is 0.971 bits per heavy atom. The van der Waals surface area contributed by atoms with Crippen molar-refractivity contribution in [2.24, 2.45) is 0 Å². The summed E-state index contributed by atoms with van der Waals surface area (Å²) in [5.74, 6) is 0.374. The predicted octanol–water partition coefficient (Wildman–Crippen LogP) is 6.29. The van der Waals surface area contributed by atoms with Gasteiger partial charge in [-0.05, 0) is 66.2 Å². The summed E-state index contributed by atoms with van der Waals surface area (Å²) >= 11 is 5.98. The number of allylic oxidation sites excluding steroid dienone is 1. The van der Waals surface area contributed by atoms with Crippen LogP contribution in [0.1, 0.15) is 21.5 Å². The summed E-state index contributed by atoms with van der Waals surface area (Å²) in [7, 11) is 3.10. The van der Waals surface area contributed by atoms with Crippen LogP contribution in [0.5, 0.6) is 11.5 Å². The number of rotatable bonds is 8. The van der Waals surface area contributed by atoms with Gasteiger partial charge in [-0.2, -0.15) is 0 Å². The second kappa shape index (κ2) is 9.85. The minimum Gasteiger partial charge on any atom is -0.493 e. The van der Waals surface area contributed by atoms with E-state index in [1.54, 1.807) is 74.9 Å². The molecule has 0 spiro atoms. The van der Waals surface area contributed by atoms with Gasteiger partial charge in [-0.3, -0.25) is 9.59 Å². The second-order valence-corrected chi connectivity index (χ2v) is 7.95. The number of carbonyl (C=O) groups excluding carboxylic acids is 1. The van der Waals surface area contributed by atoms with Crippen molar-refractivity contribution < 1.29 is 28.6 Å². The lowest BCUT2D eigenvalue weighted by atomic mass is 10.0. The highest BCUT2D eigenvalue weighted by atomic mass is 35.5.